The van der Waals surface area contributed by atoms with Crippen molar-refractivity contribution in [2.75, 3.05) is 0 Å². The van der Waals surface area contributed by atoms with Crippen LogP contribution in [0, 0.1) is 10.1 Å². The van der Waals surface area contributed by atoms with Crippen LogP contribution in [0.5, 0.6) is 11.5 Å². The van der Waals surface area contributed by atoms with Crippen molar-refractivity contribution < 1.29 is 24.0 Å². The lowest BCUT2D eigenvalue weighted by Gasteiger charge is -2.06. The topological polar surface area (TPSA) is 95.7 Å². The van der Waals surface area contributed by atoms with Crippen LogP contribution in [-0.2, 0) is 4.79 Å². The SMILES string of the molecule is CCCC(=O)Oc1ccc(OC(=O)c2ccc([N+](=O)[O-])cc2)cc1. The molecule has 2 rings (SSSR count). The fraction of sp³-hybridized carbons (Fsp3) is 0.176. The average Bonchev–Trinajstić information content (AvgIpc) is 2.57. The van der Waals surface area contributed by atoms with E-state index in [9.17, 15) is 19.7 Å². The van der Waals surface area contributed by atoms with Gasteiger partial charge in [0.2, 0.25) is 0 Å². The summed E-state index contributed by atoms with van der Waals surface area (Å²) in [6.07, 6.45) is 1.03. The molecule has 0 aromatic heterocycles. The first kappa shape index (κ1) is 17.1. The van der Waals surface area contributed by atoms with E-state index in [4.69, 9.17) is 9.47 Å². The number of rotatable bonds is 6. The van der Waals surface area contributed by atoms with E-state index in [0.717, 1.165) is 0 Å². The average molecular weight is 329 g/mol. The molecule has 2 aromatic rings. The van der Waals surface area contributed by atoms with Gasteiger partial charge in [0.25, 0.3) is 5.69 Å². The molecule has 0 bridgehead atoms. The Kier molecular flexibility index (Phi) is 5.62. The molecular weight excluding hydrogens is 314 g/mol. The van der Waals surface area contributed by atoms with Crippen molar-refractivity contribution in [1.29, 1.82) is 0 Å². The molecule has 0 fully saturated rings. The summed E-state index contributed by atoms with van der Waals surface area (Å²) >= 11 is 0. The quantitative estimate of drug-likeness (QED) is 0.348. The Morgan fingerprint density at radius 3 is 2.00 bits per heavy atom. The number of hydrogen-bond acceptors (Lipinski definition) is 6. The second kappa shape index (κ2) is 7.87. The van der Waals surface area contributed by atoms with Crippen LogP contribution in [0.1, 0.15) is 30.1 Å². The Hall–Kier alpha value is -3.22. The molecule has 0 amide bonds. The minimum Gasteiger partial charge on any atom is -0.427 e. The standard InChI is InChI=1S/C17H15NO6/c1-2-3-16(19)23-14-8-10-15(11-9-14)24-17(20)12-4-6-13(7-5-12)18(21)22/h4-11H,2-3H2,1H3. The summed E-state index contributed by atoms with van der Waals surface area (Å²) in [6.45, 7) is 1.88. The molecule has 0 heterocycles. The second-order valence-corrected chi connectivity index (χ2v) is 4.89. The number of carbonyl (C=O) groups excluding carboxylic acids is 2. The molecule has 0 spiro atoms. The molecule has 0 saturated heterocycles. The number of nitro groups is 1. The summed E-state index contributed by atoms with van der Waals surface area (Å²) < 4.78 is 10.3. The highest BCUT2D eigenvalue weighted by molar-refractivity contribution is 5.91. The zero-order valence-corrected chi connectivity index (χ0v) is 12.9. The highest BCUT2D eigenvalue weighted by Gasteiger charge is 2.12. The predicted molar refractivity (Wildman–Crippen MR) is 85.0 cm³/mol. The van der Waals surface area contributed by atoms with Gasteiger partial charge in [0, 0.05) is 18.6 Å². The summed E-state index contributed by atoms with van der Waals surface area (Å²) in [5, 5.41) is 10.6. The molecule has 2 aromatic carbocycles. The number of nitrogens with zero attached hydrogens (tertiary/aromatic N) is 1. The number of nitro benzene ring substituents is 1. The number of ether oxygens (including phenoxy) is 2. The van der Waals surface area contributed by atoms with E-state index in [2.05, 4.69) is 0 Å². The molecular formula is C17H15NO6. The van der Waals surface area contributed by atoms with E-state index >= 15 is 0 Å². The van der Waals surface area contributed by atoms with E-state index in [1.807, 2.05) is 6.92 Å². The van der Waals surface area contributed by atoms with Crippen molar-refractivity contribution in [3.05, 3.63) is 64.2 Å². The Morgan fingerprint density at radius 1 is 0.958 bits per heavy atom. The lowest BCUT2D eigenvalue weighted by Crippen LogP contribution is -2.09. The third kappa shape index (κ3) is 4.64. The molecule has 0 atom stereocenters. The molecule has 0 aliphatic carbocycles. The molecule has 7 nitrogen and oxygen atoms in total. The van der Waals surface area contributed by atoms with Crippen LogP contribution in [0.15, 0.2) is 48.5 Å². The first-order valence-corrected chi connectivity index (χ1v) is 7.27. The van der Waals surface area contributed by atoms with Crippen molar-refractivity contribution in [3.63, 3.8) is 0 Å². The van der Waals surface area contributed by atoms with Gasteiger partial charge in [-0.05, 0) is 42.8 Å². The fourth-order valence-electron chi connectivity index (χ4n) is 1.85. The third-order valence-electron chi connectivity index (χ3n) is 3.03. The van der Waals surface area contributed by atoms with E-state index in [1.54, 1.807) is 0 Å². The first-order chi connectivity index (χ1) is 11.5. The minimum atomic E-state index is -0.638. The van der Waals surface area contributed by atoms with Gasteiger partial charge in [0.05, 0.1) is 10.5 Å². The summed E-state index contributed by atoms with van der Waals surface area (Å²) in [5.74, 6) is -0.328. The normalized spacial score (nSPS) is 10.0. The van der Waals surface area contributed by atoms with Crippen LogP contribution >= 0.6 is 0 Å². The first-order valence-electron chi connectivity index (χ1n) is 7.27. The second-order valence-electron chi connectivity index (χ2n) is 4.89. The number of esters is 2. The van der Waals surface area contributed by atoms with E-state index in [-0.39, 0.29) is 23.0 Å². The molecule has 0 aliphatic heterocycles. The molecule has 0 aliphatic rings. The predicted octanol–water partition coefficient (Wildman–Crippen LogP) is 3.52. The Labute approximate surface area is 138 Å². The van der Waals surface area contributed by atoms with Crippen molar-refractivity contribution in [2.24, 2.45) is 0 Å². The van der Waals surface area contributed by atoms with E-state index in [1.165, 1.54) is 48.5 Å². The van der Waals surface area contributed by atoms with Crippen molar-refractivity contribution in [1.82, 2.24) is 0 Å². The zero-order valence-electron chi connectivity index (χ0n) is 12.9. The van der Waals surface area contributed by atoms with Gasteiger partial charge in [-0.2, -0.15) is 0 Å². The van der Waals surface area contributed by atoms with Gasteiger partial charge >= 0.3 is 11.9 Å². The Balaban J connectivity index is 1.98. The number of benzene rings is 2. The highest BCUT2D eigenvalue weighted by atomic mass is 16.6. The van der Waals surface area contributed by atoms with Crippen LogP contribution in [0.25, 0.3) is 0 Å². The summed E-state index contributed by atoms with van der Waals surface area (Å²) in [7, 11) is 0. The number of hydrogen-bond donors (Lipinski definition) is 0. The zero-order chi connectivity index (χ0) is 17.5. The van der Waals surface area contributed by atoms with E-state index < -0.39 is 10.9 Å². The van der Waals surface area contributed by atoms with Crippen LogP contribution in [0.4, 0.5) is 5.69 Å². The fourth-order valence-corrected chi connectivity index (χ4v) is 1.85. The Bertz CT molecular complexity index is 737. The van der Waals surface area contributed by atoms with Crippen LogP contribution in [0.3, 0.4) is 0 Å². The van der Waals surface area contributed by atoms with Gasteiger partial charge < -0.3 is 9.47 Å². The van der Waals surface area contributed by atoms with Crippen molar-refractivity contribution in [2.45, 2.75) is 19.8 Å². The number of carbonyl (C=O) groups is 2. The smallest absolute Gasteiger partial charge is 0.343 e. The molecule has 0 radical (unpaired) electrons. The third-order valence-corrected chi connectivity index (χ3v) is 3.03. The van der Waals surface area contributed by atoms with Crippen LogP contribution < -0.4 is 9.47 Å². The molecule has 24 heavy (non-hydrogen) atoms. The van der Waals surface area contributed by atoms with Gasteiger partial charge in [-0.25, -0.2) is 4.79 Å². The van der Waals surface area contributed by atoms with Gasteiger partial charge in [-0.1, -0.05) is 6.92 Å². The van der Waals surface area contributed by atoms with Crippen LogP contribution in [-0.4, -0.2) is 16.9 Å². The monoisotopic (exact) mass is 329 g/mol. The van der Waals surface area contributed by atoms with Gasteiger partial charge in [-0.15, -0.1) is 0 Å². The summed E-state index contributed by atoms with van der Waals surface area (Å²) in [6, 6.07) is 11.1. The molecule has 0 saturated carbocycles. The lowest BCUT2D eigenvalue weighted by atomic mass is 10.2. The lowest BCUT2D eigenvalue weighted by molar-refractivity contribution is -0.384. The summed E-state index contributed by atoms with van der Waals surface area (Å²) in [4.78, 5) is 33.4. The van der Waals surface area contributed by atoms with Crippen molar-refractivity contribution in [3.8, 4) is 11.5 Å². The van der Waals surface area contributed by atoms with Crippen molar-refractivity contribution >= 4 is 17.6 Å². The maximum Gasteiger partial charge on any atom is 0.343 e. The van der Waals surface area contributed by atoms with E-state index in [0.29, 0.717) is 18.6 Å². The maximum atomic E-state index is 12.0. The van der Waals surface area contributed by atoms with Gasteiger partial charge in [0.15, 0.2) is 0 Å². The van der Waals surface area contributed by atoms with Gasteiger partial charge in [-0.3, -0.25) is 14.9 Å². The highest BCUT2D eigenvalue weighted by Crippen LogP contribution is 2.20. The minimum absolute atomic E-state index is 0.107. The maximum absolute atomic E-state index is 12.0. The summed E-state index contributed by atoms with van der Waals surface area (Å²) in [5.41, 5.74) is 0.0869. The molecule has 7 heteroatoms. The molecule has 0 unspecified atom stereocenters. The molecule has 0 N–H and O–H groups in total. The molecule has 124 valence electrons. The Morgan fingerprint density at radius 2 is 1.50 bits per heavy atom. The largest absolute Gasteiger partial charge is 0.427 e. The van der Waals surface area contributed by atoms with Gasteiger partial charge in [0.1, 0.15) is 11.5 Å². The van der Waals surface area contributed by atoms with Crippen LogP contribution in [0.2, 0.25) is 0 Å². The number of non-ortho nitro benzene ring substituents is 1.